The van der Waals surface area contributed by atoms with Crippen molar-refractivity contribution in [1.29, 1.82) is 0 Å². The predicted octanol–water partition coefficient (Wildman–Crippen LogP) is 4.05. The van der Waals surface area contributed by atoms with Crippen LogP contribution in [0.25, 0.3) is 0 Å². The molecule has 2 heterocycles. The number of rotatable bonds is 5. The summed E-state index contributed by atoms with van der Waals surface area (Å²) < 4.78 is 13.2. The van der Waals surface area contributed by atoms with Gasteiger partial charge in [-0.05, 0) is 49.4 Å². The Morgan fingerprint density at radius 1 is 1.14 bits per heavy atom. The molecule has 2 bridgehead atoms. The summed E-state index contributed by atoms with van der Waals surface area (Å²) in [6.45, 7) is 0.793. The number of halogens is 1. The number of carbonyl (C=O) groups excluding carboxylic acids is 1. The van der Waals surface area contributed by atoms with Crippen molar-refractivity contribution < 1.29 is 14.1 Å². The third-order valence-electron chi connectivity index (χ3n) is 6.06. The molecule has 1 N–H and O–H groups in total. The van der Waals surface area contributed by atoms with Gasteiger partial charge >= 0.3 is 0 Å². The van der Waals surface area contributed by atoms with Crippen LogP contribution in [-0.2, 0) is 6.54 Å². The van der Waals surface area contributed by atoms with Crippen LogP contribution in [0.4, 0.5) is 10.1 Å². The minimum absolute atomic E-state index is 0.0570. The summed E-state index contributed by atoms with van der Waals surface area (Å²) in [6, 6.07) is 13.3. The first-order chi connectivity index (χ1) is 14.0. The zero-order valence-corrected chi connectivity index (χ0v) is 16.1. The fraction of sp³-hybridized carbons (Fsp3) is 0.409. The van der Waals surface area contributed by atoms with Crippen LogP contribution < -0.4 is 5.32 Å². The normalized spacial score (nSPS) is 24.1. The zero-order chi connectivity index (χ0) is 20.4. The molecule has 0 spiro atoms. The quantitative estimate of drug-likeness (QED) is 0.610. The molecule has 6 nitrogen and oxygen atoms in total. The summed E-state index contributed by atoms with van der Waals surface area (Å²) in [4.78, 5) is 25.6. The number of nitrogens with one attached hydrogen (secondary N) is 1. The van der Waals surface area contributed by atoms with Crippen molar-refractivity contribution in [3.05, 3.63) is 75.6 Å². The molecule has 2 saturated heterocycles. The van der Waals surface area contributed by atoms with Crippen LogP contribution in [0, 0.1) is 15.9 Å². The molecule has 2 aromatic carbocycles. The van der Waals surface area contributed by atoms with Crippen LogP contribution in [0.5, 0.6) is 0 Å². The Morgan fingerprint density at radius 2 is 1.83 bits per heavy atom. The van der Waals surface area contributed by atoms with E-state index in [1.807, 2.05) is 12.1 Å². The Hall–Kier alpha value is -2.80. The molecule has 1 amide bonds. The molecule has 0 aliphatic carbocycles. The number of fused-ring (bicyclic) bond motifs is 2. The highest BCUT2D eigenvalue weighted by atomic mass is 19.1. The summed E-state index contributed by atoms with van der Waals surface area (Å²) in [5, 5.41) is 14.0. The summed E-state index contributed by atoms with van der Waals surface area (Å²) in [5.41, 5.74) is 1.34. The van der Waals surface area contributed by atoms with Gasteiger partial charge in [-0.3, -0.25) is 19.8 Å². The van der Waals surface area contributed by atoms with Gasteiger partial charge in [-0.1, -0.05) is 24.6 Å². The summed E-state index contributed by atoms with van der Waals surface area (Å²) in [6.07, 6.45) is 5.07. The minimum atomic E-state index is -0.491. The Kier molecular flexibility index (Phi) is 5.58. The van der Waals surface area contributed by atoms with Crippen LogP contribution in [-0.4, -0.2) is 33.9 Å². The van der Waals surface area contributed by atoms with E-state index in [-0.39, 0.29) is 23.5 Å². The van der Waals surface area contributed by atoms with Crippen LogP contribution in [0.2, 0.25) is 0 Å². The van der Waals surface area contributed by atoms with Crippen molar-refractivity contribution in [2.75, 3.05) is 0 Å². The highest BCUT2D eigenvalue weighted by Gasteiger charge is 2.38. The number of non-ortho nitro benzene ring substituents is 1. The minimum Gasteiger partial charge on any atom is -0.349 e. The summed E-state index contributed by atoms with van der Waals surface area (Å²) >= 11 is 0. The molecule has 0 aromatic heterocycles. The highest BCUT2D eigenvalue weighted by Crippen LogP contribution is 2.35. The smallest absolute Gasteiger partial charge is 0.270 e. The van der Waals surface area contributed by atoms with Gasteiger partial charge in [-0.25, -0.2) is 4.39 Å². The molecule has 152 valence electrons. The Balaban J connectivity index is 1.42. The second-order valence-electron chi connectivity index (χ2n) is 7.99. The van der Waals surface area contributed by atoms with E-state index in [4.69, 9.17) is 0 Å². The van der Waals surface area contributed by atoms with E-state index in [1.54, 1.807) is 6.07 Å². The Morgan fingerprint density at radius 3 is 2.48 bits per heavy atom. The van der Waals surface area contributed by atoms with Crippen LogP contribution in [0.3, 0.4) is 0 Å². The summed E-state index contributed by atoms with van der Waals surface area (Å²) in [5.74, 6) is -0.486. The van der Waals surface area contributed by atoms with Crippen molar-refractivity contribution in [2.24, 2.45) is 0 Å². The molecule has 4 rings (SSSR count). The Bertz CT molecular complexity index is 888. The van der Waals surface area contributed by atoms with Crippen LogP contribution in [0.15, 0.2) is 48.5 Å². The van der Waals surface area contributed by atoms with Crippen molar-refractivity contribution in [3.63, 3.8) is 0 Å². The van der Waals surface area contributed by atoms with Gasteiger partial charge in [-0.15, -0.1) is 0 Å². The third kappa shape index (κ3) is 4.45. The number of nitro benzene ring substituents is 1. The van der Waals surface area contributed by atoms with Crippen molar-refractivity contribution in [3.8, 4) is 0 Å². The number of piperidine rings is 2. The van der Waals surface area contributed by atoms with E-state index < -0.39 is 4.92 Å². The number of nitro groups is 1. The number of hydrogen-bond donors (Lipinski definition) is 1. The van der Waals surface area contributed by atoms with E-state index in [0.29, 0.717) is 17.6 Å². The van der Waals surface area contributed by atoms with Gasteiger partial charge in [-0.2, -0.15) is 0 Å². The first-order valence-electron chi connectivity index (χ1n) is 10.0. The average molecular weight is 397 g/mol. The highest BCUT2D eigenvalue weighted by molar-refractivity contribution is 5.95. The van der Waals surface area contributed by atoms with Crippen molar-refractivity contribution in [2.45, 2.75) is 56.8 Å². The van der Waals surface area contributed by atoms with E-state index in [0.717, 1.165) is 37.8 Å². The largest absolute Gasteiger partial charge is 0.349 e. The molecule has 29 heavy (non-hydrogen) atoms. The lowest BCUT2D eigenvalue weighted by Crippen LogP contribution is -2.56. The second-order valence-corrected chi connectivity index (χ2v) is 7.99. The molecule has 2 aromatic rings. The van der Waals surface area contributed by atoms with Crippen molar-refractivity contribution >= 4 is 11.6 Å². The summed E-state index contributed by atoms with van der Waals surface area (Å²) in [7, 11) is 0. The van der Waals surface area contributed by atoms with Gasteiger partial charge in [0.15, 0.2) is 0 Å². The maximum absolute atomic E-state index is 13.2. The average Bonchev–Trinajstić information content (AvgIpc) is 2.70. The molecule has 2 fully saturated rings. The number of amides is 1. The monoisotopic (exact) mass is 397 g/mol. The lowest BCUT2D eigenvalue weighted by atomic mass is 9.81. The van der Waals surface area contributed by atoms with Gasteiger partial charge in [0, 0.05) is 42.4 Å². The van der Waals surface area contributed by atoms with Gasteiger partial charge in [0.25, 0.3) is 11.6 Å². The molecule has 0 saturated carbocycles. The van der Waals surface area contributed by atoms with Crippen LogP contribution >= 0.6 is 0 Å². The molecule has 3 atom stereocenters. The lowest BCUT2D eigenvalue weighted by molar-refractivity contribution is -0.384. The molecule has 2 aliphatic rings. The molecule has 0 radical (unpaired) electrons. The SMILES string of the molecule is O=C(NC1C[C@H]2CCC[C@@H](C1)N2Cc1ccc(F)cc1)c1cccc([N+](=O)[O-])c1. The third-order valence-corrected chi connectivity index (χ3v) is 6.06. The van der Waals surface area contributed by atoms with E-state index in [9.17, 15) is 19.3 Å². The topological polar surface area (TPSA) is 75.5 Å². The number of benzene rings is 2. The van der Waals surface area contributed by atoms with Gasteiger partial charge in [0.1, 0.15) is 5.82 Å². The first kappa shape index (κ1) is 19.5. The van der Waals surface area contributed by atoms with E-state index in [2.05, 4.69) is 10.2 Å². The molecular formula is C22H24FN3O3. The molecule has 2 aliphatic heterocycles. The second kappa shape index (κ2) is 8.29. The predicted molar refractivity (Wildman–Crippen MR) is 107 cm³/mol. The number of hydrogen-bond acceptors (Lipinski definition) is 4. The van der Waals surface area contributed by atoms with Crippen molar-refractivity contribution in [1.82, 2.24) is 10.2 Å². The van der Waals surface area contributed by atoms with Gasteiger partial charge in [0.2, 0.25) is 0 Å². The maximum Gasteiger partial charge on any atom is 0.270 e. The number of carbonyl (C=O) groups is 1. The van der Waals surface area contributed by atoms with Gasteiger partial charge in [0.05, 0.1) is 4.92 Å². The zero-order valence-electron chi connectivity index (χ0n) is 16.1. The Labute approximate surface area is 168 Å². The fourth-order valence-electron chi connectivity index (χ4n) is 4.68. The van der Waals surface area contributed by atoms with Gasteiger partial charge < -0.3 is 5.32 Å². The van der Waals surface area contributed by atoms with Crippen LogP contribution in [0.1, 0.15) is 48.0 Å². The number of nitrogens with zero attached hydrogens (tertiary/aromatic N) is 2. The standard InChI is InChI=1S/C22H24FN3O3/c23-17-9-7-15(8-10-17)14-25-19-4-2-5-20(25)13-18(12-19)24-22(27)16-3-1-6-21(11-16)26(28)29/h1,3,6-11,18-20H,2,4-5,12-14H2,(H,24,27)/t18?,19-,20+. The lowest BCUT2D eigenvalue weighted by Gasteiger charge is -2.49. The first-order valence-corrected chi connectivity index (χ1v) is 10.0. The maximum atomic E-state index is 13.2. The molecular weight excluding hydrogens is 373 g/mol. The van der Waals surface area contributed by atoms with E-state index in [1.165, 1.54) is 36.8 Å². The van der Waals surface area contributed by atoms with E-state index >= 15 is 0 Å². The fourth-order valence-corrected chi connectivity index (χ4v) is 4.68. The molecule has 1 unspecified atom stereocenters. The molecule has 7 heteroatoms.